The number of hydrogen-bond donors (Lipinski definition) is 2. The SMILES string of the molecule is CN1CCC(O)(c2cccc(-c3nc(-c4ccnc(Nc5cc6ccccn6n5)n4)cs3)c2)C1=O. The van der Waals surface area contributed by atoms with Gasteiger partial charge in [-0.2, -0.15) is 5.10 Å². The normalized spacial score (nSPS) is 17.9. The van der Waals surface area contributed by atoms with Gasteiger partial charge in [0.2, 0.25) is 5.95 Å². The standard InChI is InChI=1S/C25H21N7O2S/c1-31-12-9-25(34,23(31)33)17-6-4-5-16(13-17)22-27-20(15-35-22)19-8-10-26-24(28-19)29-21-14-18-7-2-3-11-32(18)30-21/h2-8,10-11,13-15,34H,9,12H2,1H3,(H,26,28,29,30). The Kier molecular flexibility index (Phi) is 5.05. The van der Waals surface area contributed by atoms with Gasteiger partial charge in [0.1, 0.15) is 10.7 Å². The van der Waals surface area contributed by atoms with Crippen molar-refractivity contribution in [2.75, 3.05) is 18.9 Å². The van der Waals surface area contributed by atoms with Crippen LogP contribution in [0.2, 0.25) is 0 Å². The highest BCUT2D eigenvalue weighted by atomic mass is 32.1. The topological polar surface area (TPSA) is 109 Å². The van der Waals surface area contributed by atoms with Crippen LogP contribution in [0.15, 0.2) is 72.4 Å². The van der Waals surface area contributed by atoms with E-state index in [1.807, 2.05) is 54.0 Å². The minimum Gasteiger partial charge on any atom is -0.375 e. The number of aliphatic hydroxyl groups is 1. The number of anilines is 2. The van der Waals surface area contributed by atoms with Gasteiger partial charge in [-0.05, 0) is 29.8 Å². The Morgan fingerprint density at radius 2 is 2.00 bits per heavy atom. The summed E-state index contributed by atoms with van der Waals surface area (Å²) < 4.78 is 1.78. The van der Waals surface area contributed by atoms with Crippen LogP contribution in [-0.2, 0) is 10.4 Å². The predicted octanol–water partition coefficient (Wildman–Crippen LogP) is 3.71. The average molecular weight is 484 g/mol. The number of likely N-dealkylation sites (N-methyl/N-ethyl adjacent to an activating group) is 1. The smallest absolute Gasteiger partial charge is 0.258 e. The van der Waals surface area contributed by atoms with Crippen molar-refractivity contribution in [2.45, 2.75) is 12.0 Å². The van der Waals surface area contributed by atoms with Gasteiger partial charge in [-0.15, -0.1) is 11.3 Å². The summed E-state index contributed by atoms with van der Waals surface area (Å²) in [6, 6.07) is 17.0. The fourth-order valence-corrected chi connectivity index (χ4v) is 5.04. The summed E-state index contributed by atoms with van der Waals surface area (Å²) in [5.41, 5.74) is 2.29. The molecule has 1 fully saturated rings. The quantitative estimate of drug-likeness (QED) is 0.392. The maximum absolute atomic E-state index is 12.5. The van der Waals surface area contributed by atoms with Crippen LogP contribution in [0, 0.1) is 0 Å². The van der Waals surface area contributed by atoms with E-state index in [4.69, 9.17) is 4.98 Å². The summed E-state index contributed by atoms with van der Waals surface area (Å²) in [6.45, 7) is 0.528. The predicted molar refractivity (Wildman–Crippen MR) is 133 cm³/mol. The molecule has 2 N–H and O–H groups in total. The summed E-state index contributed by atoms with van der Waals surface area (Å²) in [5, 5.41) is 21.3. The van der Waals surface area contributed by atoms with Gasteiger partial charge in [0.15, 0.2) is 11.4 Å². The number of benzene rings is 1. The van der Waals surface area contributed by atoms with Crippen molar-refractivity contribution in [1.29, 1.82) is 0 Å². The molecule has 35 heavy (non-hydrogen) atoms. The average Bonchev–Trinajstić information content (AvgIpc) is 3.59. The lowest BCUT2D eigenvalue weighted by Gasteiger charge is -2.21. The Bertz CT molecular complexity index is 1530. The molecule has 6 rings (SSSR count). The lowest BCUT2D eigenvalue weighted by atomic mass is 9.91. The molecule has 1 saturated heterocycles. The molecule has 9 nitrogen and oxygen atoms in total. The van der Waals surface area contributed by atoms with Crippen molar-refractivity contribution < 1.29 is 9.90 Å². The number of fused-ring (bicyclic) bond motifs is 1. The van der Waals surface area contributed by atoms with E-state index < -0.39 is 5.60 Å². The van der Waals surface area contributed by atoms with Gasteiger partial charge in [-0.1, -0.05) is 24.3 Å². The van der Waals surface area contributed by atoms with E-state index in [-0.39, 0.29) is 5.91 Å². The van der Waals surface area contributed by atoms with Gasteiger partial charge in [0.25, 0.3) is 5.91 Å². The molecule has 1 unspecified atom stereocenters. The van der Waals surface area contributed by atoms with Crippen LogP contribution >= 0.6 is 11.3 Å². The third kappa shape index (κ3) is 3.82. The molecule has 0 radical (unpaired) electrons. The molecule has 1 aliphatic heterocycles. The van der Waals surface area contributed by atoms with Crippen LogP contribution in [0.1, 0.15) is 12.0 Å². The van der Waals surface area contributed by atoms with Crippen molar-refractivity contribution in [3.63, 3.8) is 0 Å². The highest BCUT2D eigenvalue weighted by Crippen LogP contribution is 2.36. The van der Waals surface area contributed by atoms with Gasteiger partial charge in [-0.25, -0.2) is 19.5 Å². The molecule has 174 valence electrons. The van der Waals surface area contributed by atoms with Crippen molar-refractivity contribution in [2.24, 2.45) is 0 Å². The van der Waals surface area contributed by atoms with E-state index in [0.29, 0.717) is 41.7 Å². The molecule has 1 aromatic carbocycles. The minimum atomic E-state index is -1.49. The molecule has 0 bridgehead atoms. The first kappa shape index (κ1) is 21.4. The molecular weight excluding hydrogens is 462 g/mol. The van der Waals surface area contributed by atoms with Crippen LogP contribution < -0.4 is 5.32 Å². The molecule has 1 amide bonds. The van der Waals surface area contributed by atoms with Gasteiger partial charge in [0.05, 0.1) is 11.2 Å². The second kappa shape index (κ2) is 8.26. The maximum atomic E-state index is 12.5. The Hall–Kier alpha value is -4.15. The number of rotatable bonds is 5. The molecular formula is C25H21N7O2S. The van der Waals surface area contributed by atoms with E-state index in [9.17, 15) is 9.90 Å². The number of likely N-dealkylation sites (tertiary alicyclic amines) is 1. The number of aromatic nitrogens is 5. The fourth-order valence-electron chi connectivity index (χ4n) is 4.23. The van der Waals surface area contributed by atoms with E-state index in [2.05, 4.69) is 20.4 Å². The van der Waals surface area contributed by atoms with E-state index in [1.54, 1.807) is 34.8 Å². The van der Waals surface area contributed by atoms with Gasteiger partial charge < -0.3 is 15.3 Å². The first-order valence-corrected chi connectivity index (χ1v) is 12.0. The van der Waals surface area contributed by atoms with Crippen LogP contribution in [0.25, 0.3) is 27.5 Å². The molecule has 0 aliphatic carbocycles. The summed E-state index contributed by atoms with van der Waals surface area (Å²) in [4.78, 5) is 27.8. The molecule has 10 heteroatoms. The second-order valence-corrected chi connectivity index (χ2v) is 9.30. The van der Waals surface area contributed by atoms with Gasteiger partial charge in [-0.3, -0.25) is 4.79 Å². The Balaban J connectivity index is 1.26. The Morgan fingerprint density at radius 1 is 1.09 bits per heavy atom. The zero-order chi connectivity index (χ0) is 24.0. The van der Waals surface area contributed by atoms with Crippen LogP contribution in [-0.4, -0.2) is 54.1 Å². The van der Waals surface area contributed by atoms with Crippen molar-refractivity contribution >= 4 is 34.5 Å². The summed E-state index contributed by atoms with van der Waals surface area (Å²) in [5.74, 6) is 0.795. The summed E-state index contributed by atoms with van der Waals surface area (Å²) in [6.07, 6.45) is 3.93. The maximum Gasteiger partial charge on any atom is 0.258 e. The second-order valence-electron chi connectivity index (χ2n) is 8.45. The fraction of sp³-hybridized carbons (Fsp3) is 0.160. The third-order valence-corrected chi connectivity index (χ3v) is 7.02. The minimum absolute atomic E-state index is 0.277. The van der Waals surface area contributed by atoms with E-state index in [0.717, 1.165) is 16.1 Å². The molecule has 1 aliphatic rings. The van der Waals surface area contributed by atoms with E-state index in [1.165, 1.54) is 11.3 Å². The molecule has 5 aromatic rings. The highest BCUT2D eigenvalue weighted by Gasteiger charge is 2.45. The highest BCUT2D eigenvalue weighted by molar-refractivity contribution is 7.13. The number of nitrogens with zero attached hydrogens (tertiary/aromatic N) is 6. The number of pyridine rings is 1. The largest absolute Gasteiger partial charge is 0.375 e. The lowest BCUT2D eigenvalue weighted by Crippen LogP contribution is -2.36. The van der Waals surface area contributed by atoms with E-state index >= 15 is 0 Å². The number of thiazole rings is 1. The number of nitrogens with one attached hydrogen (secondary N) is 1. The summed E-state index contributed by atoms with van der Waals surface area (Å²) >= 11 is 1.48. The monoisotopic (exact) mass is 483 g/mol. The number of carbonyl (C=O) groups is 1. The van der Waals surface area contributed by atoms with Crippen LogP contribution in [0.4, 0.5) is 11.8 Å². The van der Waals surface area contributed by atoms with Gasteiger partial charge in [0, 0.05) is 49.4 Å². The zero-order valence-electron chi connectivity index (χ0n) is 18.8. The number of amides is 1. The third-order valence-electron chi connectivity index (χ3n) is 6.13. The first-order valence-electron chi connectivity index (χ1n) is 11.1. The Morgan fingerprint density at radius 3 is 2.83 bits per heavy atom. The lowest BCUT2D eigenvalue weighted by molar-refractivity contribution is -0.143. The molecule has 0 saturated carbocycles. The summed E-state index contributed by atoms with van der Waals surface area (Å²) in [7, 11) is 1.71. The first-order chi connectivity index (χ1) is 17.0. The van der Waals surface area contributed by atoms with Crippen LogP contribution in [0.3, 0.4) is 0 Å². The van der Waals surface area contributed by atoms with Crippen molar-refractivity contribution in [3.05, 3.63) is 77.9 Å². The number of carbonyl (C=O) groups excluding carboxylic acids is 1. The zero-order valence-corrected chi connectivity index (χ0v) is 19.6. The Labute approximate surface area is 204 Å². The number of hydrogen-bond acceptors (Lipinski definition) is 8. The van der Waals surface area contributed by atoms with Crippen molar-refractivity contribution in [1.82, 2.24) is 29.5 Å². The molecule has 4 aromatic heterocycles. The van der Waals surface area contributed by atoms with Crippen molar-refractivity contribution in [3.8, 4) is 22.0 Å². The molecule has 5 heterocycles. The molecule has 0 spiro atoms. The van der Waals surface area contributed by atoms with Crippen LogP contribution in [0.5, 0.6) is 0 Å². The van der Waals surface area contributed by atoms with Gasteiger partial charge >= 0.3 is 0 Å². The molecule has 1 atom stereocenters.